The Morgan fingerprint density at radius 3 is 2.77 bits per heavy atom. The molecule has 0 spiro atoms. The summed E-state index contributed by atoms with van der Waals surface area (Å²) in [6, 6.07) is 14.5. The fourth-order valence-corrected chi connectivity index (χ4v) is 4.76. The van der Waals surface area contributed by atoms with Crippen LogP contribution in [-0.2, 0) is 11.3 Å². The molecule has 0 bridgehead atoms. The van der Waals surface area contributed by atoms with E-state index in [1.165, 1.54) is 29.2 Å². The van der Waals surface area contributed by atoms with E-state index < -0.39 is 0 Å². The van der Waals surface area contributed by atoms with Crippen LogP contribution in [0.5, 0.6) is 5.75 Å². The normalized spacial score (nSPS) is 13.1. The van der Waals surface area contributed by atoms with Crippen LogP contribution in [0, 0.1) is 5.82 Å². The average Bonchev–Trinajstić information content (AvgIpc) is 3.52. The number of hydrogen-bond donors (Lipinski definition) is 1. The first kappa shape index (κ1) is 21.6. The maximum absolute atomic E-state index is 14.0. The summed E-state index contributed by atoms with van der Waals surface area (Å²) in [5, 5.41) is 12.2. The van der Waals surface area contributed by atoms with Crippen LogP contribution in [0.3, 0.4) is 0 Å². The Bertz CT molecular complexity index is 1040. The van der Waals surface area contributed by atoms with Gasteiger partial charge in [0.2, 0.25) is 11.0 Å². The summed E-state index contributed by atoms with van der Waals surface area (Å²) in [4.78, 5) is 14.6. The highest BCUT2D eigenvalue weighted by molar-refractivity contribution is 8.01. The lowest BCUT2D eigenvalue weighted by Gasteiger charge is -2.22. The van der Waals surface area contributed by atoms with E-state index in [0.717, 1.165) is 24.3 Å². The van der Waals surface area contributed by atoms with Gasteiger partial charge in [-0.1, -0.05) is 53.4 Å². The lowest BCUT2D eigenvalue weighted by molar-refractivity contribution is -0.129. The standard InChI is InChI=1S/C22H23FN4O2S2/c1-2-29-19-10-6-5-9-18(19)24-21-25-26-22(31-21)30-14-20(28)27(16-11-12-16)13-15-7-3-4-8-17(15)23/h3-10,16H,2,11-14H2,1H3,(H,24,25). The highest BCUT2D eigenvalue weighted by Gasteiger charge is 2.33. The molecule has 1 saturated carbocycles. The van der Waals surface area contributed by atoms with Crippen molar-refractivity contribution in [2.24, 2.45) is 0 Å². The number of benzene rings is 2. The highest BCUT2D eigenvalue weighted by atomic mass is 32.2. The summed E-state index contributed by atoms with van der Waals surface area (Å²) < 4.78 is 20.3. The van der Waals surface area contributed by atoms with Gasteiger partial charge in [0.25, 0.3) is 0 Å². The van der Waals surface area contributed by atoms with Crippen molar-refractivity contribution in [3.63, 3.8) is 0 Å². The first-order valence-electron chi connectivity index (χ1n) is 10.1. The van der Waals surface area contributed by atoms with Gasteiger partial charge in [-0.25, -0.2) is 4.39 Å². The molecule has 1 aromatic heterocycles. The minimum Gasteiger partial charge on any atom is -0.492 e. The Morgan fingerprint density at radius 2 is 2.00 bits per heavy atom. The van der Waals surface area contributed by atoms with Crippen molar-refractivity contribution in [2.45, 2.75) is 36.7 Å². The SMILES string of the molecule is CCOc1ccccc1Nc1nnc(SCC(=O)N(Cc2ccccc2F)C2CC2)s1. The number of anilines is 2. The number of carbonyl (C=O) groups excluding carboxylic acids is 1. The van der Waals surface area contributed by atoms with Crippen LogP contribution < -0.4 is 10.1 Å². The number of nitrogens with one attached hydrogen (secondary N) is 1. The second kappa shape index (κ2) is 10.1. The van der Waals surface area contributed by atoms with Crippen molar-refractivity contribution in [1.82, 2.24) is 15.1 Å². The minimum atomic E-state index is -0.277. The number of rotatable bonds is 10. The van der Waals surface area contributed by atoms with Crippen LogP contribution in [0.4, 0.5) is 15.2 Å². The molecule has 9 heteroatoms. The number of aromatic nitrogens is 2. The molecule has 0 atom stereocenters. The van der Waals surface area contributed by atoms with Crippen molar-refractivity contribution in [3.8, 4) is 5.75 Å². The van der Waals surface area contributed by atoms with Crippen LogP contribution in [-0.4, -0.2) is 39.4 Å². The topological polar surface area (TPSA) is 67.3 Å². The van der Waals surface area contributed by atoms with Crippen molar-refractivity contribution >= 4 is 39.8 Å². The van der Waals surface area contributed by atoms with E-state index >= 15 is 0 Å². The van der Waals surface area contributed by atoms with Gasteiger partial charge in [0.15, 0.2) is 4.34 Å². The Balaban J connectivity index is 1.35. The zero-order valence-corrected chi connectivity index (χ0v) is 18.7. The molecule has 0 radical (unpaired) electrons. The summed E-state index contributed by atoms with van der Waals surface area (Å²) in [5.41, 5.74) is 1.36. The van der Waals surface area contributed by atoms with E-state index in [9.17, 15) is 9.18 Å². The quantitative estimate of drug-likeness (QED) is 0.426. The number of nitrogens with zero attached hydrogens (tertiary/aromatic N) is 3. The van der Waals surface area contributed by atoms with Crippen molar-refractivity contribution < 1.29 is 13.9 Å². The zero-order chi connectivity index (χ0) is 21.6. The molecule has 0 aliphatic heterocycles. The van der Waals surface area contributed by atoms with Crippen molar-refractivity contribution in [3.05, 3.63) is 59.9 Å². The average molecular weight is 459 g/mol. The van der Waals surface area contributed by atoms with Gasteiger partial charge in [-0.3, -0.25) is 4.79 Å². The molecule has 0 saturated heterocycles. The summed E-state index contributed by atoms with van der Waals surface area (Å²) in [5.74, 6) is 0.704. The summed E-state index contributed by atoms with van der Waals surface area (Å²) in [7, 11) is 0. The Labute approximate surface area is 188 Å². The first-order chi connectivity index (χ1) is 15.1. The van der Waals surface area contributed by atoms with Gasteiger partial charge in [0.1, 0.15) is 11.6 Å². The number of amides is 1. The van der Waals surface area contributed by atoms with Gasteiger partial charge in [-0.05, 0) is 38.0 Å². The second-order valence-corrected chi connectivity index (χ2v) is 9.26. The Kier molecular flexibility index (Phi) is 7.03. The predicted molar refractivity (Wildman–Crippen MR) is 121 cm³/mol. The van der Waals surface area contributed by atoms with Crippen molar-refractivity contribution in [1.29, 1.82) is 0 Å². The molecule has 0 unspecified atom stereocenters. The van der Waals surface area contributed by atoms with Crippen LogP contribution in [0.1, 0.15) is 25.3 Å². The van der Waals surface area contributed by atoms with E-state index in [1.807, 2.05) is 31.2 Å². The molecular formula is C22H23FN4O2S2. The molecular weight excluding hydrogens is 435 g/mol. The van der Waals surface area contributed by atoms with Gasteiger partial charge in [0, 0.05) is 18.2 Å². The fourth-order valence-electron chi connectivity index (χ4n) is 3.11. The highest BCUT2D eigenvalue weighted by Crippen LogP contribution is 2.33. The molecule has 1 aliphatic carbocycles. The van der Waals surface area contributed by atoms with E-state index in [2.05, 4.69) is 15.5 Å². The smallest absolute Gasteiger partial charge is 0.233 e. The van der Waals surface area contributed by atoms with E-state index in [4.69, 9.17) is 4.74 Å². The number of para-hydroxylation sites is 2. The number of hydrogen-bond acceptors (Lipinski definition) is 7. The molecule has 1 amide bonds. The molecule has 3 aromatic rings. The molecule has 4 rings (SSSR count). The van der Waals surface area contributed by atoms with Gasteiger partial charge in [0.05, 0.1) is 18.0 Å². The molecule has 1 fully saturated rings. The summed E-state index contributed by atoms with van der Waals surface area (Å²) >= 11 is 2.73. The molecule has 1 heterocycles. The monoisotopic (exact) mass is 458 g/mol. The third kappa shape index (κ3) is 5.74. The maximum Gasteiger partial charge on any atom is 0.233 e. The summed E-state index contributed by atoms with van der Waals surface area (Å²) in [6.45, 7) is 2.81. The Hall–Kier alpha value is -2.65. The Morgan fingerprint density at radius 1 is 1.23 bits per heavy atom. The number of halogens is 1. The molecule has 1 N–H and O–H groups in total. The molecule has 6 nitrogen and oxygen atoms in total. The van der Waals surface area contributed by atoms with Gasteiger partial charge in [-0.15, -0.1) is 10.2 Å². The largest absolute Gasteiger partial charge is 0.492 e. The predicted octanol–water partition coefficient (Wildman–Crippen LogP) is 5.10. The number of ether oxygens (including phenoxy) is 1. The molecule has 2 aromatic carbocycles. The van der Waals surface area contributed by atoms with Gasteiger partial charge in [-0.2, -0.15) is 0 Å². The molecule has 31 heavy (non-hydrogen) atoms. The lowest BCUT2D eigenvalue weighted by atomic mass is 10.2. The molecule has 1 aliphatic rings. The van der Waals surface area contributed by atoms with E-state index in [-0.39, 0.29) is 23.5 Å². The number of thioether (sulfide) groups is 1. The van der Waals surface area contributed by atoms with Crippen LogP contribution in [0.15, 0.2) is 52.9 Å². The summed E-state index contributed by atoms with van der Waals surface area (Å²) in [6.07, 6.45) is 1.94. The van der Waals surface area contributed by atoms with Crippen LogP contribution in [0.25, 0.3) is 0 Å². The third-order valence-electron chi connectivity index (χ3n) is 4.76. The lowest BCUT2D eigenvalue weighted by Crippen LogP contribution is -2.34. The fraction of sp³-hybridized carbons (Fsp3) is 0.318. The third-order valence-corrected chi connectivity index (χ3v) is 6.72. The van der Waals surface area contributed by atoms with Gasteiger partial charge < -0.3 is 15.0 Å². The van der Waals surface area contributed by atoms with Crippen molar-refractivity contribution in [2.75, 3.05) is 17.7 Å². The maximum atomic E-state index is 14.0. The number of carbonyl (C=O) groups is 1. The minimum absolute atomic E-state index is 0.0119. The van der Waals surface area contributed by atoms with E-state index in [0.29, 0.717) is 28.2 Å². The van der Waals surface area contributed by atoms with Crippen LogP contribution >= 0.6 is 23.1 Å². The zero-order valence-electron chi connectivity index (χ0n) is 17.1. The van der Waals surface area contributed by atoms with Crippen LogP contribution in [0.2, 0.25) is 0 Å². The second-order valence-electron chi connectivity index (χ2n) is 7.06. The van der Waals surface area contributed by atoms with Gasteiger partial charge >= 0.3 is 0 Å². The van der Waals surface area contributed by atoms with E-state index in [1.54, 1.807) is 23.1 Å². The first-order valence-corrected chi connectivity index (χ1v) is 11.9. The molecule has 162 valence electrons.